The van der Waals surface area contributed by atoms with Crippen LogP contribution in [0.3, 0.4) is 0 Å². The smallest absolute Gasteiger partial charge is 0.277 e. The molecule has 0 spiro atoms. The van der Waals surface area contributed by atoms with Crippen molar-refractivity contribution in [3.63, 3.8) is 0 Å². The van der Waals surface area contributed by atoms with Crippen LogP contribution in [-0.4, -0.2) is 49.1 Å². The van der Waals surface area contributed by atoms with Crippen molar-refractivity contribution in [2.24, 2.45) is 5.73 Å². The summed E-state index contributed by atoms with van der Waals surface area (Å²) in [7, 11) is 1.57. The molecule has 27 heavy (non-hydrogen) atoms. The molecular weight excluding hydrogens is 409 g/mol. The summed E-state index contributed by atoms with van der Waals surface area (Å²) >= 11 is 7.62. The summed E-state index contributed by atoms with van der Waals surface area (Å²) in [5, 5.41) is 2.48. The van der Waals surface area contributed by atoms with Crippen LogP contribution in [0, 0.1) is 0 Å². The zero-order valence-electron chi connectivity index (χ0n) is 15.1. The van der Waals surface area contributed by atoms with Gasteiger partial charge in [-0.15, -0.1) is 23.7 Å². The number of carbonyl (C=O) groups is 1. The highest BCUT2D eigenvalue weighted by Gasteiger charge is 2.17. The molecule has 0 atom stereocenters. The molecule has 0 unspecified atom stereocenters. The predicted molar refractivity (Wildman–Crippen MR) is 111 cm³/mol. The first-order chi connectivity index (χ1) is 12.6. The number of likely N-dealkylation sites (tertiary alicyclic amines) is 1. The van der Waals surface area contributed by atoms with Gasteiger partial charge in [0.1, 0.15) is 6.61 Å². The predicted octanol–water partition coefficient (Wildman–Crippen LogP) is 3.86. The fourth-order valence-electron chi connectivity index (χ4n) is 2.99. The first-order valence-corrected chi connectivity index (χ1v) is 9.82. The lowest BCUT2D eigenvalue weighted by molar-refractivity contribution is 0.1000. The molecule has 1 aliphatic heterocycles. The maximum Gasteiger partial charge on any atom is 0.277 e. The number of hydrogen-bond donors (Lipinski definition) is 1. The van der Waals surface area contributed by atoms with Gasteiger partial charge >= 0.3 is 0 Å². The van der Waals surface area contributed by atoms with Gasteiger partial charge in [-0.3, -0.25) is 9.69 Å². The van der Waals surface area contributed by atoms with Crippen molar-refractivity contribution < 1.29 is 14.3 Å². The maximum atomic E-state index is 11.2. The van der Waals surface area contributed by atoms with E-state index < -0.39 is 5.91 Å². The van der Waals surface area contributed by atoms with E-state index in [1.807, 2.05) is 6.07 Å². The third-order valence-corrected chi connectivity index (χ3v) is 5.48. The molecule has 0 aliphatic carbocycles. The summed E-state index contributed by atoms with van der Waals surface area (Å²) in [4.78, 5) is 17.9. The minimum atomic E-state index is -0.544. The van der Waals surface area contributed by atoms with Gasteiger partial charge in [0.15, 0.2) is 16.5 Å². The number of rotatable bonds is 7. The molecule has 1 aromatic heterocycles. The van der Waals surface area contributed by atoms with Crippen LogP contribution in [0.2, 0.25) is 5.02 Å². The zero-order valence-corrected chi connectivity index (χ0v) is 17.5. The molecule has 1 fully saturated rings. The van der Waals surface area contributed by atoms with Crippen LogP contribution in [0.25, 0.3) is 11.3 Å². The maximum absolute atomic E-state index is 11.2. The number of piperidine rings is 1. The Bertz CT molecular complexity index is 779. The average molecular weight is 432 g/mol. The Morgan fingerprint density at radius 3 is 2.70 bits per heavy atom. The van der Waals surface area contributed by atoms with Gasteiger partial charge in [0.2, 0.25) is 0 Å². The van der Waals surface area contributed by atoms with Gasteiger partial charge in [0, 0.05) is 17.5 Å². The Labute approximate surface area is 174 Å². The number of carbonyl (C=O) groups excluding carboxylic acids is 1. The first-order valence-electron chi connectivity index (χ1n) is 8.57. The first kappa shape index (κ1) is 21.8. The monoisotopic (exact) mass is 431 g/mol. The van der Waals surface area contributed by atoms with Crippen LogP contribution in [0.4, 0.5) is 0 Å². The number of halogens is 2. The van der Waals surface area contributed by atoms with E-state index in [9.17, 15) is 4.79 Å². The van der Waals surface area contributed by atoms with E-state index in [1.165, 1.54) is 30.6 Å². The quantitative estimate of drug-likeness (QED) is 0.719. The third-order valence-electron chi connectivity index (χ3n) is 4.34. The molecule has 2 aromatic rings. The number of nitrogens with two attached hydrogens (primary N) is 1. The van der Waals surface area contributed by atoms with Gasteiger partial charge in [0.25, 0.3) is 5.91 Å². The highest BCUT2D eigenvalue weighted by molar-refractivity contribution is 7.12. The minimum Gasteiger partial charge on any atom is -0.493 e. The van der Waals surface area contributed by atoms with E-state index in [4.69, 9.17) is 26.8 Å². The van der Waals surface area contributed by atoms with Gasteiger partial charge in [0.05, 0.1) is 17.8 Å². The summed E-state index contributed by atoms with van der Waals surface area (Å²) in [5.74, 6) is 0.525. The Hall–Kier alpha value is -1.54. The molecule has 1 aliphatic rings. The molecular formula is C18H23Cl2N3O3S. The Kier molecular flexibility index (Phi) is 8.16. The average Bonchev–Trinajstić information content (AvgIpc) is 3.14. The van der Waals surface area contributed by atoms with E-state index in [0.717, 1.165) is 25.2 Å². The second-order valence-electron chi connectivity index (χ2n) is 6.14. The normalized spacial score (nSPS) is 14.4. The van der Waals surface area contributed by atoms with E-state index in [1.54, 1.807) is 18.6 Å². The van der Waals surface area contributed by atoms with Gasteiger partial charge in [-0.25, -0.2) is 4.98 Å². The van der Waals surface area contributed by atoms with E-state index in [2.05, 4.69) is 9.88 Å². The van der Waals surface area contributed by atoms with E-state index in [0.29, 0.717) is 28.8 Å². The lowest BCUT2D eigenvalue weighted by atomic mass is 10.1. The van der Waals surface area contributed by atoms with Crippen LogP contribution in [0.5, 0.6) is 11.5 Å². The molecule has 3 rings (SSSR count). The van der Waals surface area contributed by atoms with Gasteiger partial charge < -0.3 is 15.2 Å². The number of amides is 1. The summed E-state index contributed by atoms with van der Waals surface area (Å²) in [6.45, 7) is 3.67. The summed E-state index contributed by atoms with van der Waals surface area (Å²) in [6.07, 6.45) is 3.81. The number of ether oxygens (including phenoxy) is 2. The molecule has 1 aromatic carbocycles. The summed E-state index contributed by atoms with van der Waals surface area (Å²) < 4.78 is 11.4. The number of thiazole rings is 1. The van der Waals surface area contributed by atoms with Crippen LogP contribution < -0.4 is 15.2 Å². The second kappa shape index (κ2) is 10.1. The van der Waals surface area contributed by atoms with Crippen LogP contribution in [-0.2, 0) is 0 Å². The second-order valence-corrected chi connectivity index (χ2v) is 7.41. The molecule has 148 valence electrons. The molecule has 2 N–H and O–H groups in total. The lowest BCUT2D eigenvalue weighted by Gasteiger charge is -2.26. The summed E-state index contributed by atoms with van der Waals surface area (Å²) in [5.41, 5.74) is 6.64. The zero-order chi connectivity index (χ0) is 18.5. The van der Waals surface area contributed by atoms with E-state index in [-0.39, 0.29) is 17.4 Å². The minimum absolute atomic E-state index is 0. The number of primary amides is 1. The number of benzene rings is 1. The third kappa shape index (κ3) is 5.48. The van der Waals surface area contributed by atoms with Crippen LogP contribution >= 0.6 is 35.3 Å². The van der Waals surface area contributed by atoms with Gasteiger partial charge in [-0.05, 0) is 38.1 Å². The van der Waals surface area contributed by atoms with Gasteiger partial charge in [-0.1, -0.05) is 18.0 Å². The molecule has 1 saturated heterocycles. The van der Waals surface area contributed by atoms with Crippen LogP contribution in [0.15, 0.2) is 17.5 Å². The fourth-order valence-corrected chi connectivity index (χ4v) is 3.93. The SMILES string of the molecule is COc1cc(-c2csc(C(N)=O)n2)cc(Cl)c1OCCN1CCCCC1.Cl. The molecule has 6 nitrogen and oxygen atoms in total. The molecule has 0 radical (unpaired) electrons. The highest BCUT2D eigenvalue weighted by atomic mass is 35.5. The largest absolute Gasteiger partial charge is 0.493 e. The Balaban J connectivity index is 0.00000261. The number of nitrogens with zero attached hydrogens (tertiary/aromatic N) is 2. The molecule has 0 bridgehead atoms. The molecule has 0 saturated carbocycles. The topological polar surface area (TPSA) is 77.7 Å². The Morgan fingerprint density at radius 2 is 2.07 bits per heavy atom. The molecule has 9 heteroatoms. The van der Waals surface area contributed by atoms with Crippen molar-refractivity contribution in [3.8, 4) is 22.8 Å². The Morgan fingerprint density at radius 1 is 1.33 bits per heavy atom. The summed E-state index contributed by atoms with van der Waals surface area (Å²) in [6, 6.07) is 3.57. The van der Waals surface area contributed by atoms with E-state index >= 15 is 0 Å². The van der Waals surface area contributed by atoms with Crippen molar-refractivity contribution in [2.75, 3.05) is 33.4 Å². The fraction of sp³-hybridized carbons (Fsp3) is 0.444. The van der Waals surface area contributed by atoms with Crippen LogP contribution in [0.1, 0.15) is 29.1 Å². The van der Waals surface area contributed by atoms with Crippen molar-refractivity contribution in [2.45, 2.75) is 19.3 Å². The number of hydrogen-bond acceptors (Lipinski definition) is 6. The molecule has 2 heterocycles. The standard InChI is InChI=1S/C18H22ClN3O3S.ClH/c1-24-15-10-12(14-11-26-18(21-14)17(20)23)9-13(19)16(15)25-8-7-22-5-3-2-4-6-22;/h9-11H,2-8H2,1H3,(H2,20,23);1H. The van der Waals surface area contributed by atoms with Gasteiger partial charge in [-0.2, -0.15) is 0 Å². The number of methoxy groups -OCH3 is 1. The lowest BCUT2D eigenvalue weighted by Crippen LogP contribution is -2.33. The van der Waals surface area contributed by atoms with Crippen molar-refractivity contribution in [1.82, 2.24) is 9.88 Å². The number of aromatic nitrogens is 1. The molecule has 1 amide bonds. The highest BCUT2D eigenvalue weighted by Crippen LogP contribution is 2.39. The van der Waals surface area contributed by atoms with Crippen molar-refractivity contribution in [1.29, 1.82) is 0 Å². The van der Waals surface area contributed by atoms with Crippen molar-refractivity contribution in [3.05, 3.63) is 27.5 Å². The van der Waals surface area contributed by atoms with Crippen molar-refractivity contribution >= 4 is 41.3 Å².